The minimum absolute atomic E-state index is 0.0159. The number of hydrogen-bond donors (Lipinski definition) is 2. The van der Waals surface area contributed by atoms with Crippen molar-refractivity contribution in [3.8, 4) is 0 Å². The largest absolute Gasteiger partial charge is 0.326 e. The molecule has 0 saturated heterocycles. The molecule has 0 aliphatic rings. The molecule has 2 amide bonds. The van der Waals surface area contributed by atoms with E-state index in [2.05, 4.69) is 17.2 Å². The van der Waals surface area contributed by atoms with Crippen molar-refractivity contribution >= 4 is 33.2 Å². The Morgan fingerprint density at radius 1 is 1.00 bits per heavy atom. The lowest BCUT2D eigenvalue weighted by atomic mass is 10.1. The summed E-state index contributed by atoms with van der Waals surface area (Å²) in [6, 6.07) is 13.1. The van der Waals surface area contributed by atoms with Gasteiger partial charge in [0.2, 0.25) is 21.8 Å². The Morgan fingerprint density at radius 2 is 1.55 bits per heavy atom. The zero-order chi connectivity index (χ0) is 21.4. The first kappa shape index (κ1) is 22.3. The third-order valence-corrected chi connectivity index (χ3v) is 5.94. The molecule has 2 aromatic rings. The summed E-state index contributed by atoms with van der Waals surface area (Å²) in [7, 11) is -3.92. The van der Waals surface area contributed by atoms with Crippen molar-refractivity contribution in [2.75, 3.05) is 23.7 Å². The molecule has 0 spiro atoms. The molecule has 2 rings (SSSR count). The van der Waals surface area contributed by atoms with Gasteiger partial charge in [0.1, 0.15) is 0 Å². The Labute approximate surface area is 171 Å². The summed E-state index contributed by atoms with van der Waals surface area (Å²) >= 11 is 0. The van der Waals surface area contributed by atoms with Crippen LogP contribution in [0, 0.1) is 0 Å². The molecule has 0 aliphatic carbocycles. The number of carbonyl (C=O) groups excluding carboxylic acids is 2. The van der Waals surface area contributed by atoms with E-state index in [1.165, 1.54) is 37.3 Å². The Hall–Kier alpha value is -2.97. The lowest BCUT2D eigenvalue weighted by Crippen LogP contribution is -2.38. The van der Waals surface area contributed by atoms with Gasteiger partial charge in [-0.25, -0.2) is 8.42 Å². The fourth-order valence-electron chi connectivity index (χ4n) is 2.64. The molecule has 2 aromatic carbocycles. The highest BCUT2D eigenvalue weighted by Crippen LogP contribution is 2.19. The zero-order valence-electron chi connectivity index (χ0n) is 16.5. The molecule has 0 atom stereocenters. The molecule has 7 nitrogen and oxygen atoms in total. The number of hydrogen-bond acceptors (Lipinski definition) is 4. The molecule has 29 heavy (non-hydrogen) atoms. The first-order valence-electron chi connectivity index (χ1n) is 9.13. The van der Waals surface area contributed by atoms with Crippen LogP contribution in [-0.2, 0) is 26.0 Å². The van der Waals surface area contributed by atoms with Gasteiger partial charge < -0.3 is 10.6 Å². The highest BCUT2D eigenvalue weighted by Gasteiger charge is 2.25. The first-order chi connectivity index (χ1) is 13.8. The molecule has 0 bridgehead atoms. The summed E-state index contributed by atoms with van der Waals surface area (Å²) in [5, 5.41) is 5.29. The molecule has 0 unspecified atom stereocenters. The van der Waals surface area contributed by atoms with Crippen LogP contribution in [0.15, 0.2) is 66.1 Å². The fourth-order valence-corrected chi connectivity index (χ4v) is 4.01. The second-order valence-corrected chi connectivity index (χ2v) is 8.33. The van der Waals surface area contributed by atoms with Gasteiger partial charge in [0.05, 0.1) is 11.4 Å². The highest BCUT2D eigenvalue weighted by atomic mass is 32.2. The molecular formula is C21H25N3O4S. The van der Waals surface area contributed by atoms with Gasteiger partial charge in [-0.05, 0) is 48.4 Å². The van der Waals surface area contributed by atoms with Gasteiger partial charge in [-0.1, -0.05) is 25.1 Å². The average molecular weight is 416 g/mol. The standard InChI is InChI=1S/C21H25N3O4S/c1-4-14-24(15-21(26)23-19-8-6-17(5-2)7-9-19)29(27,28)20-12-10-18(11-13-20)22-16(3)25/h4,6-13H,1,5,14-15H2,2-3H3,(H,22,25)(H,23,26). The Morgan fingerprint density at radius 3 is 2.07 bits per heavy atom. The third kappa shape index (κ3) is 6.27. The minimum atomic E-state index is -3.92. The molecule has 0 radical (unpaired) electrons. The lowest BCUT2D eigenvalue weighted by molar-refractivity contribution is -0.116. The van der Waals surface area contributed by atoms with Gasteiger partial charge in [0, 0.05) is 24.8 Å². The van der Waals surface area contributed by atoms with E-state index in [4.69, 9.17) is 0 Å². The minimum Gasteiger partial charge on any atom is -0.326 e. The van der Waals surface area contributed by atoms with E-state index in [-0.39, 0.29) is 23.9 Å². The third-order valence-electron chi connectivity index (χ3n) is 4.11. The molecule has 0 aromatic heterocycles. The number of anilines is 2. The topological polar surface area (TPSA) is 95.6 Å². The van der Waals surface area contributed by atoms with Crippen molar-refractivity contribution in [1.29, 1.82) is 0 Å². The lowest BCUT2D eigenvalue weighted by Gasteiger charge is -2.20. The summed E-state index contributed by atoms with van der Waals surface area (Å²) in [5.74, 6) is -0.702. The number of nitrogens with one attached hydrogen (secondary N) is 2. The van der Waals surface area contributed by atoms with E-state index in [9.17, 15) is 18.0 Å². The zero-order valence-corrected chi connectivity index (χ0v) is 17.3. The van der Waals surface area contributed by atoms with Crippen LogP contribution in [0.4, 0.5) is 11.4 Å². The van der Waals surface area contributed by atoms with Crippen molar-refractivity contribution < 1.29 is 18.0 Å². The van der Waals surface area contributed by atoms with Crippen molar-refractivity contribution in [2.24, 2.45) is 0 Å². The number of sulfonamides is 1. The second kappa shape index (κ2) is 9.99. The van der Waals surface area contributed by atoms with Crippen LogP contribution >= 0.6 is 0 Å². The van der Waals surface area contributed by atoms with E-state index in [1.807, 2.05) is 19.1 Å². The predicted octanol–water partition coefficient (Wildman–Crippen LogP) is 3.02. The van der Waals surface area contributed by atoms with Crippen LogP contribution in [0.1, 0.15) is 19.4 Å². The fraction of sp³-hybridized carbons (Fsp3) is 0.238. The van der Waals surface area contributed by atoms with Crippen LogP contribution in [0.3, 0.4) is 0 Å². The maximum absolute atomic E-state index is 12.9. The summed E-state index contributed by atoms with van der Waals surface area (Å²) in [6.45, 7) is 6.62. The first-order valence-corrected chi connectivity index (χ1v) is 10.6. The van der Waals surface area contributed by atoms with Crippen molar-refractivity contribution in [1.82, 2.24) is 4.31 Å². The average Bonchev–Trinajstić information content (AvgIpc) is 2.68. The molecule has 0 saturated carbocycles. The number of carbonyl (C=O) groups is 2. The highest BCUT2D eigenvalue weighted by molar-refractivity contribution is 7.89. The summed E-state index contributed by atoms with van der Waals surface area (Å²) in [5.41, 5.74) is 2.23. The normalized spacial score (nSPS) is 11.1. The van der Waals surface area contributed by atoms with Crippen molar-refractivity contribution in [3.63, 3.8) is 0 Å². The maximum atomic E-state index is 12.9. The van der Waals surface area contributed by atoms with Gasteiger partial charge in [-0.2, -0.15) is 4.31 Å². The van der Waals surface area contributed by atoms with Crippen LogP contribution < -0.4 is 10.6 Å². The molecule has 2 N–H and O–H groups in total. The molecule has 154 valence electrons. The molecule has 0 aliphatic heterocycles. The van der Waals surface area contributed by atoms with Crippen molar-refractivity contribution in [2.45, 2.75) is 25.2 Å². The van der Waals surface area contributed by atoms with Crippen molar-refractivity contribution in [3.05, 3.63) is 66.7 Å². The Bertz CT molecular complexity index is 968. The molecule has 0 heterocycles. The SMILES string of the molecule is C=CCN(CC(=O)Nc1ccc(CC)cc1)S(=O)(=O)c1ccc(NC(C)=O)cc1. The molecule has 0 fully saturated rings. The second-order valence-electron chi connectivity index (χ2n) is 6.39. The number of amides is 2. The smallest absolute Gasteiger partial charge is 0.243 e. The number of benzene rings is 2. The van der Waals surface area contributed by atoms with E-state index in [0.717, 1.165) is 16.3 Å². The molecule has 8 heteroatoms. The van der Waals surface area contributed by atoms with Crippen LogP contribution in [0.5, 0.6) is 0 Å². The van der Waals surface area contributed by atoms with Crippen LogP contribution in [0.2, 0.25) is 0 Å². The van der Waals surface area contributed by atoms with E-state index >= 15 is 0 Å². The van der Waals surface area contributed by atoms with Gasteiger partial charge >= 0.3 is 0 Å². The quantitative estimate of drug-likeness (QED) is 0.616. The number of nitrogens with zero attached hydrogens (tertiary/aromatic N) is 1. The van der Waals surface area contributed by atoms with Crippen LogP contribution in [0.25, 0.3) is 0 Å². The number of rotatable bonds is 9. The molecular weight excluding hydrogens is 390 g/mol. The van der Waals surface area contributed by atoms with Gasteiger partial charge in [-0.3, -0.25) is 9.59 Å². The van der Waals surface area contributed by atoms with E-state index in [1.54, 1.807) is 12.1 Å². The van der Waals surface area contributed by atoms with Gasteiger partial charge in [0.15, 0.2) is 0 Å². The maximum Gasteiger partial charge on any atom is 0.243 e. The van der Waals surface area contributed by atoms with Gasteiger partial charge in [-0.15, -0.1) is 6.58 Å². The Kier molecular flexibility index (Phi) is 7.69. The summed E-state index contributed by atoms with van der Waals surface area (Å²) in [6.07, 6.45) is 2.31. The predicted molar refractivity (Wildman–Crippen MR) is 114 cm³/mol. The monoisotopic (exact) mass is 415 g/mol. The van der Waals surface area contributed by atoms with E-state index in [0.29, 0.717) is 11.4 Å². The Balaban J connectivity index is 2.14. The van der Waals surface area contributed by atoms with Crippen LogP contribution in [-0.4, -0.2) is 37.6 Å². The van der Waals surface area contributed by atoms with Gasteiger partial charge in [0.25, 0.3) is 0 Å². The summed E-state index contributed by atoms with van der Waals surface area (Å²) in [4.78, 5) is 23.5. The number of aryl methyl sites for hydroxylation is 1. The van der Waals surface area contributed by atoms with E-state index < -0.39 is 15.9 Å². The summed E-state index contributed by atoms with van der Waals surface area (Å²) < 4.78 is 26.9.